The second-order valence-corrected chi connectivity index (χ2v) is 2.30. The van der Waals surface area contributed by atoms with Crippen molar-refractivity contribution >= 4 is 12.2 Å². The van der Waals surface area contributed by atoms with E-state index in [1.807, 2.05) is 0 Å². The number of nitrogens with zero attached hydrogens (tertiary/aromatic N) is 1. The Kier molecular flexibility index (Phi) is 2.69. The van der Waals surface area contributed by atoms with Crippen LogP contribution in [0.3, 0.4) is 0 Å². The van der Waals surface area contributed by atoms with Gasteiger partial charge in [-0.15, -0.1) is 0 Å². The van der Waals surface area contributed by atoms with E-state index in [0.717, 1.165) is 12.3 Å². The molecule has 13 heavy (non-hydrogen) atoms. The zero-order valence-corrected chi connectivity index (χ0v) is 6.87. The van der Waals surface area contributed by atoms with Crippen molar-refractivity contribution < 1.29 is 14.0 Å². The first-order valence-corrected chi connectivity index (χ1v) is 3.52. The zero-order chi connectivity index (χ0) is 9.84. The molecule has 0 fully saturated rings. The Morgan fingerprint density at radius 1 is 1.69 bits per heavy atom. The average molecular weight is 182 g/mol. The standard InChI is InChI=1S/C8H7FN2O2/c1-10-8(13)7-6(9)2-5(4-12)3-11-7/h2-4H,1H3,(H,10,13). The van der Waals surface area contributed by atoms with Crippen LogP contribution in [0.15, 0.2) is 12.3 Å². The third kappa shape index (κ3) is 1.87. The Bertz CT molecular complexity index is 352. The van der Waals surface area contributed by atoms with Gasteiger partial charge in [0.05, 0.1) is 0 Å². The van der Waals surface area contributed by atoms with Crippen molar-refractivity contribution in [3.05, 3.63) is 29.3 Å². The Hall–Kier alpha value is -1.78. The third-order valence-corrected chi connectivity index (χ3v) is 1.44. The van der Waals surface area contributed by atoms with E-state index in [1.165, 1.54) is 7.05 Å². The summed E-state index contributed by atoms with van der Waals surface area (Å²) in [6.07, 6.45) is 1.60. The molecule has 1 heterocycles. The normalized spacial score (nSPS) is 9.38. The van der Waals surface area contributed by atoms with Gasteiger partial charge in [0.2, 0.25) is 0 Å². The van der Waals surface area contributed by atoms with Crippen LogP contribution in [-0.4, -0.2) is 24.2 Å². The molecule has 1 N–H and O–H groups in total. The first-order valence-electron chi connectivity index (χ1n) is 3.52. The number of pyridine rings is 1. The summed E-state index contributed by atoms with van der Waals surface area (Å²) in [6.45, 7) is 0. The topological polar surface area (TPSA) is 59.1 Å². The number of aldehydes is 1. The van der Waals surface area contributed by atoms with Crippen LogP contribution in [-0.2, 0) is 0 Å². The van der Waals surface area contributed by atoms with Gasteiger partial charge in [-0.3, -0.25) is 9.59 Å². The average Bonchev–Trinajstić information content (AvgIpc) is 2.16. The number of carbonyl (C=O) groups is 2. The maximum atomic E-state index is 13.0. The van der Waals surface area contributed by atoms with Crippen LogP contribution in [0.1, 0.15) is 20.8 Å². The molecule has 68 valence electrons. The fourth-order valence-electron chi connectivity index (χ4n) is 0.803. The first-order chi connectivity index (χ1) is 6.19. The second kappa shape index (κ2) is 3.75. The summed E-state index contributed by atoms with van der Waals surface area (Å²) >= 11 is 0. The van der Waals surface area contributed by atoms with Gasteiger partial charge in [-0.1, -0.05) is 0 Å². The molecule has 1 rings (SSSR count). The maximum Gasteiger partial charge on any atom is 0.272 e. The quantitative estimate of drug-likeness (QED) is 0.673. The molecule has 5 heteroatoms. The Morgan fingerprint density at radius 3 is 2.85 bits per heavy atom. The molecule has 0 saturated carbocycles. The lowest BCUT2D eigenvalue weighted by Crippen LogP contribution is -2.20. The number of hydrogen-bond donors (Lipinski definition) is 1. The van der Waals surface area contributed by atoms with Crippen LogP contribution in [0.2, 0.25) is 0 Å². The molecular weight excluding hydrogens is 175 g/mol. The minimum absolute atomic E-state index is 0.102. The molecule has 4 nitrogen and oxygen atoms in total. The summed E-state index contributed by atoms with van der Waals surface area (Å²) in [6, 6.07) is 0.963. The van der Waals surface area contributed by atoms with Crippen LogP contribution < -0.4 is 5.32 Å². The zero-order valence-electron chi connectivity index (χ0n) is 6.87. The molecule has 1 aromatic rings. The molecule has 0 aliphatic heterocycles. The van der Waals surface area contributed by atoms with Gasteiger partial charge in [-0.25, -0.2) is 9.37 Å². The lowest BCUT2D eigenvalue weighted by Gasteiger charge is -1.99. The van der Waals surface area contributed by atoms with E-state index in [0.29, 0.717) is 6.29 Å². The minimum atomic E-state index is -0.802. The van der Waals surface area contributed by atoms with Gasteiger partial charge in [-0.2, -0.15) is 0 Å². The SMILES string of the molecule is CNC(=O)c1ncc(C=O)cc1F. The molecule has 0 unspecified atom stereocenters. The van der Waals surface area contributed by atoms with Gasteiger partial charge >= 0.3 is 0 Å². The maximum absolute atomic E-state index is 13.0. The minimum Gasteiger partial charge on any atom is -0.354 e. The summed E-state index contributed by atoms with van der Waals surface area (Å²) in [5, 5.41) is 2.23. The van der Waals surface area contributed by atoms with Crippen molar-refractivity contribution in [1.82, 2.24) is 10.3 Å². The van der Waals surface area contributed by atoms with E-state index in [9.17, 15) is 14.0 Å². The highest BCUT2D eigenvalue weighted by Gasteiger charge is 2.11. The predicted octanol–water partition coefficient (Wildman–Crippen LogP) is 0.393. The summed E-state index contributed by atoms with van der Waals surface area (Å²) in [4.78, 5) is 24.6. The van der Waals surface area contributed by atoms with Crippen LogP contribution in [0.25, 0.3) is 0 Å². The number of nitrogens with one attached hydrogen (secondary N) is 1. The van der Waals surface area contributed by atoms with Gasteiger partial charge in [0.15, 0.2) is 17.8 Å². The molecule has 1 amide bonds. The van der Waals surface area contributed by atoms with E-state index in [2.05, 4.69) is 10.3 Å². The van der Waals surface area contributed by atoms with Gasteiger partial charge in [0.1, 0.15) is 0 Å². The Labute approximate surface area is 73.8 Å². The first kappa shape index (κ1) is 9.31. The largest absolute Gasteiger partial charge is 0.354 e. The second-order valence-electron chi connectivity index (χ2n) is 2.30. The van der Waals surface area contributed by atoms with E-state index in [-0.39, 0.29) is 11.3 Å². The molecule has 0 spiro atoms. The van der Waals surface area contributed by atoms with Gasteiger partial charge < -0.3 is 5.32 Å². The molecule has 0 bridgehead atoms. The molecule has 0 aromatic carbocycles. The van der Waals surface area contributed by atoms with Gasteiger partial charge in [-0.05, 0) is 6.07 Å². The number of hydrogen-bond acceptors (Lipinski definition) is 3. The highest BCUT2D eigenvalue weighted by atomic mass is 19.1. The Morgan fingerprint density at radius 2 is 2.38 bits per heavy atom. The smallest absolute Gasteiger partial charge is 0.272 e. The van der Waals surface area contributed by atoms with E-state index >= 15 is 0 Å². The van der Waals surface area contributed by atoms with E-state index in [4.69, 9.17) is 0 Å². The van der Waals surface area contributed by atoms with Crippen LogP contribution in [0, 0.1) is 5.82 Å². The molecule has 0 saturated heterocycles. The molecule has 0 atom stereocenters. The van der Waals surface area contributed by atoms with Crippen LogP contribution in [0.4, 0.5) is 4.39 Å². The van der Waals surface area contributed by atoms with Gasteiger partial charge in [0, 0.05) is 18.8 Å². The van der Waals surface area contributed by atoms with Crippen molar-refractivity contribution in [3.8, 4) is 0 Å². The lowest BCUT2D eigenvalue weighted by atomic mass is 10.2. The molecule has 0 aliphatic carbocycles. The number of aromatic nitrogens is 1. The lowest BCUT2D eigenvalue weighted by molar-refractivity contribution is 0.0952. The highest BCUT2D eigenvalue weighted by molar-refractivity contribution is 5.92. The van der Waals surface area contributed by atoms with Crippen molar-refractivity contribution in [2.45, 2.75) is 0 Å². The Balaban J connectivity index is 3.12. The number of rotatable bonds is 2. The van der Waals surface area contributed by atoms with Crippen molar-refractivity contribution in [2.75, 3.05) is 7.05 Å². The van der Waals surface area contributed by atoms with Gasteiger partial charge in [0.25, 0.3) is 5.91 Å². The fourth-order valence-corrected chi connectivity index (χ4v) is 0.803. The molecule has 0 aliphatic rings. The highest BCUT2D eigenvalue weighted by Crippen LogP contribution is 2.05. The van der Waals surface area contributed by atoms with Crippen LogP contribution >= 0.6 is 0 Å². The molecular formula is C8H7FN2O2. The van der Waals surface area contributed by atoms with E-state index < -0.39 is 11.7 Å². The number of halogens is 1. The molecule has 1 aromatic heterocycles. The summed E-state index contributed by atoms with van der Waals surface area (Å²) in [5.74, 6) is -1.42. The summed E-state index contributed by atoms with van der Waals surface area (Å²) in [5.41, 5.74) is -0.210. The van der Waals surface area contributed by atoms with Crippen molar-refractivity contribution in [3.63, 3.8) is 0 Å². The predicted molar refractivity (Wildman–Crippen MR) is 43.0 cm³/mol. The van der Waals surface area contributed by atoms with E-state index in [1.54, 1.807) is 0 Å². The summed E-state index contributed by atoms with van der Waals surface area (Å²) in [7, 11) is 1.37. The van der Waals surface area contributed by atoms with Crippen LogP contribution in [0.5, 0.6) is 0 Å². The number of amides is 1. The third-order valence-electron chi connectivity index (χ3n) is 1.44. The molecule has 0 radical (unpaired) electrons. The van der Waals surface area contributed by atoms with Crippen molar-refractivity contribution in [1.29, 1.82) is 0 Å². The fraction of sp³-hybridized carbons (Fsp3) is 0.125. The number of carbonyl (C=O) groups excluding carboxylic acids is 2. The monoisotopic (exact) mass is 182 g/mol. The van der Waals surface area contributed by atoms with Crippen molar-refractivity contribution in [2.24, 2.45) is 0 Å². The summed E-state index contributed by atoms with van der Waals surface area (Å²) < 4.78 is 13.0.